The van der Waals surface area contributed by atoms with E-state index in [9.17, 15) is 4.79 Å². The number of rotatable bonds is 6. The number of thioether (sulfide) groups is 1. The lowest BCUT2D eigenvalue weighted by Gasteiger charge is -2.56. The highest BCUT2D eigenvalue weighted by molar-refractivity contribution is 7.99. The number of carbonyl (C=O) groups excluding carboxylic acids is 1. The summed E-state index contributed by atoms with van der Waals surface area (Å²) < 4.78 is 2.08. The molecule has 29 heavy (non-hydrogen) atoms. The molecule has 4 bridgehead atoms. The highest BCUT2D eigenvalue weighted by atomic mass is 35.5. The molecule has 0 aliphatic heterocycles. The van der Waals surface area contributed by atoms with Crippen molar-refractivity contribution in [2.45, 2.75) is 50.1 Å². The summed E-state index contributed by atoms with van der Waals surface area (Å²) >= 11 is 7.41. The molecule has 4 fully saturated rings. The Morgan fingerprint density at radius 1 is 1.24 bits per heavy atom. The van der Waals surface area contributed by atoms with Crippen molar-refractivity contribution in [3.8, 4) is 0 Å². The second-order valence-corrected chi connectivity index (χ2v) is 10.5. The van der Waals surface area contributed by atoms with Gasteiger partial charge in [-0.25, -0.2) is 4.98 Å². The van der Waals surface area contributed by atoms with E-state index in [1.807, 2.05) is 7.05 Å². The van der Waals surface area contributed by atoms with Crippen molar-refractivity contribution in [2.75, 3.05) is 11.1 Å². The van der Waals surface area contributed by atoms with Crippen molar-refractivity contribution in [3.05, 3.63) is 29.3 Å². The van der Waals surface area contributed by atoms with E-state index >= 15 is 0 Å². The number of hydrogen-bond acceptors (Lipinski definition) is 5. The lowest BCUT2D eigenvalue weighted by Crippen LogP contribution is -2.47. The molecule has 4 aliphatic rings. The first-order valence-electron chi connectivity index (χ1n) is 10.4. The van der Waals surface area contributed by atoms with Crippen molar-refractivity contribution in [1.29, 1.82) is 0 Å². The van der Waals surface area contributed by atoms with Crippen LogP contribution in [-0.2, 0) is 18.3 Å². The van der Waals surface area contributed by atoms with E-state index < -0.39 is 0 Å². The smallest absolute Gasteiger partial charge is 0.234 e. The normalized spacial score (nSPS) is 29.9. The molecule has 0 spiro atoms. The molecule has 1 N–H and O–H groups in total. The van der Waals surface area contributed by atoms with Gasteiger partial charge in [0.15, 0.2) is 10.3 Å². The first-order chi connectivity index (χ1) is 14.0. The van der Waals surface area contributed by atoms with Crippen LogP contribution >= 0.6 is 23.4 Å². The van der Waals surface area contributed by atoms with E-state index in [0.29, 0.717) is 16.3 Å². The van der Waals surface area contributed by atoms with Gasteiger partial charge in [-0.2, -0.15) is 0 Å². The van der Waals surface area contributed by atoms with Gasteiger partial charge in [-0.05, 0) is 73.8 Å². The number of hydrogen-bond donors (Lipinski definition) is 1. The highest BCUT2D eigenvalue weighted by Crippen LogP contribution is 2.60. The molecule has 8 heteroatoms. The van der Waals surface area contributed by atoms with Crippen LogP contribution in [0.3, 0.4) is 0 Å². The van der Waals surface area contributed by atoms with Crippen LogP contribution in [0.5, 0.6) is 0 Å². The van der Waals surface area contributed by atoms with Crippen LogP contribution in [0.25, 0.3) is 0 Å². The quantitative estimate of drug-likeness (QED) is 0.543. The summed E-state index contributed by atoms with van der Waals surface area (Å²) in [5, 5.41) is 12.7. The van der Waals surface area contributed by atoms with E-state index in [4.69, 9.17) is 11.6 Å². The molecule has 1 amide bonds. The molecule has 0 unspecified atom stereocenters. The fourth-order valence-corrected chi connectivity index (χ4v) is 7.16. The minimum absolute atomic E-state index is 0.129. The molecule has 0 radical (unpaired) electrons. The zero-order chi connectivity index (χ0) is 20.0. The Labute approximate surface area is 180 Å². The van der Waals surface area contributed by atoms with Gasteiger partial charge in [0.1, 0.15) is 5.82 Å². The Morgan fingerprint density at radius 2 is 1.93 bits per heavy atom. The average molecular weight is 432 g/mol. The minimum Gasteiger partial charge on any atom is -0.323 e. The van der Waals surface area contributed by atoms with Crippen LogP contribution in [0.2, 0.25) is 5.15 Å². The SMILES string of the molecule is Cn1c(CC23CC4CC(CC(C4)C2)C3)nnc1SCC(=O)Nc1cccnc1Cl. The fourth-order valence-electron chi connectivity index (χ4n) is 6.26. The van der Waals surface area contributed by atoms with Gasteiger partial charge >= 0.3 is 0 Å². The van der Waals surface area contributed by atoms with Crippen molar-refractivity contribution in [2.24, 2.45) is 30.2 Å². The molecule has 2 aromatic heterocycles. The number of anilines is 1. The molecular formula is C21H26ClN5OS. The lowest BCUT2D eigenvalue weighted by atomic mass is 9.49. The van der Waals surface area contributed by atoms with E-state index in [1.165, 1.54) is 50.3 Å². The zero-order valence-electron chi connectivity index (χ0n) is 16.6. The van der Waals surface area contributed by atoms with Crippen molar-refractivity contribution in [3.63, 3.8) is 0 Å². The van der Waals surface area contributed by atoms with E-state index in [-0.39, 0.29) is 11.7 Å². The molecule has 4 saturated carbocycles. The van der Waals surface area contributed by atoms with E-state index in [1.54, 1.807) is 18.3 Å². The standard InChI is InChI=1S/C21H26ClN5OS/c1-27-17(11-21-8-13-5-14(9-21)7-15(6-13)10-21)25-26-20(27)29-12-18(28)24-16-3-2-4-23-19(16)22/h2-4,13-15H,5-12H2,1H3,(H,24,28). The van der Waals surface area contributed by atoms with Gasteiger partial charge in [-0.1, -0.05) is 23.4 Å². The van der Waals surface area contributed by atoms with Crippen LogP contribution < -0.4 is 5.32 Å². The summed E-state index contributed by atoms with van der Waals surface area (Å²) in [6.45, 7) is 0. The van der Waals surface area contributed by atoms with Gasteiger partial charge in [0.2, 0.25) is 5.91 Å². The van der Waals surface area contributed by atoms with Crippen molar-refractivity contribution < 1.29 is 4.79 Å². The number of nitrogens with one attached hydrogen (secondary N) is 1. The molecule has 6 rings (SSSR count). The number of pyridine rings is 1. The van der Waals surface area contributed by atoms with Crippen LogP contribution in [0, 0.1) is 23.2 Å². The summed E-state index contributed by atoms with van der Waals surface area (Å²) in [6, 6.07) is 3.48. The van der Waals surface area contributed by atoms with Gasteiger partial charge < -0.3 is 9.88 Å². The maximum absolute atomic E-state index is 12.3. The molecule has 0 saturated heterocycles. The molecule has 4 aliphatic carbocycles. The number of nitrogens with zero attached hydrogens (tertiary/aromatic N) is 4. The Hall–Kier alpha value is -1.60. The molecule has 2 heterocycles. The fraction of sp³-hybridized carbons (Fsp3) is 0.619. The van der Waals surface area contributed by atoms with E-state index in [2.05, 4.69) is 25.1 Å². The largest absolute Gasteiger partial charge is 0.323 e. The molecule has 0 atom stereocenters. The van der Waals surface area contributed by atoms with Crippen LogP contribution in [-0.4, -0.2) is 31.4 Å². The molecule has 0 aromatic carbocycles. The average Bonchev–Trinajstić information content (AvgIpc) is 3.00. The van der Waals surface area contributed by atoms with Crippen LogP contribution in [0.15, 0.2) is 23.5 Å². The summed E-state index contributed by atoms with van der Waals surface area (Å²) in [4.78, 5) is 16.3. The predicted molar refractivity (Wildman–Crippen MR) is 114 cm³/mol. The second kappa shape index (κ2) is 7.58. The first-order valence-corrected chi connectivity index (χ1v) is 11.8. The Morgan fingerprint density at radius 3 is 2.59 bits per heavy atom. The highest BCUT2D eigenvalue weighted by Gasteiger charge is 2.51. The zero-order valence-corrected chi connectivity index (χ0v) is 18.2. The third-order valence-corrected chi connectivity index (χ3v) is 8.31. The molecular weight excluding hydrogens is 406 g/mol. The van der Waals surface area contributed by atoms with Crippen molar-refractivity contribution in [1.82, 2.24) is 19.7 Å². The number of carbonyl (C=O) groups is 1. The molecule has 6 nitrogen and oxygen atoms in total. The summed E-state index contributed by atoms with van der Waals surface area (Å²) in [5.41, 5.74) is 0.964. The number of amides is 1. The third-order valence-electron chi connectivity index (χ3n) is 6.99. The lowest BCUT2D eigenvalue weighted by molar-refractivity contribution is -0.113. The molecule has 2 aromatic rings. The van der Waals surface area contributed by atoms with Gasteiger partial charge in [0.05, 0.1) is 11.4 Å². The minimum atomic E-state index is -0.129. The van der Waals surface area contributed by atoms with E-state index in [0.717, 1.165) is 35.2 Å². The van der Waals surface area contributed by atoms with Gasteiger partial charge in [0, 0.05) is 19.7 Å². The van der Waals surface area contributed by atoms with Crippen LogP contribution in [0.4, 0.5) is 5.69 Å². The Bertz CT molecular complexity index is 894. The summed E-state index contributed by atoms with van der Waals surface area (Å²) in [5.74, 6) is 4.00. The predicted octanol–water partition coefficient (Wildman–Crippen LogP) is 4.35. The summed E-state index contributed by atoms with van der Waals surface area (Å²) in [7, 11) is 2.02. The van der Waals surface area contributed by atoms with Crippen molar-refractivity contribution >= 4 is 35.0 Å². The van der Waals surface area contributed by atoms with Crippen LogP contribution in [0.1, 0.15) is 44.3 Å². The topological polar surface area (TPSA) is 72.7 Å². The second-order valence-electron chi connectivity index (χ2n) is 9.23. The Balaban J connectivity index is 1.21. The van der Waals surface area contributed by atoms with Gasteiger partial charge in [-0.3, -0.25) is 4.79 Å². The third kappa shape index (κ3) is 3.91. The van der Waals surface area contributed by atoms with Gasteiger partial charge in [0.25, 0.3) is 0 Å². The number of halogens is 1. The maximum atomic E-state index is 12.3. The maximum Gasteiger partial charge on any atom is 0.234 e. The Kier molecular flexibility index (Phi) is 5.06. The summed E-state index contributed by atoms with van der Waals surface area (Å²) in [6.07, 6.45) is 11.1. The first kappa shape index (κ1) is 19.4. The van der Waals surface area contributed by atoms with Gasteiger partial charge in [-0.15, -0.1) is 10.2 Å². The monoisotopic (exact) mass is 431 g/mol. The molecule has 154 valence electrons. The number of aromatic nitrogens is 4.